The molecule has 2 aliphatic heterocycles. The van der Waals surface area contributed by atoms with Crippen molar-refractivity contribution in [2.24, 2.45) is 4.99 Å². The van der Waals surface area contributed by atoms with Crippen molar-refractivity contribution in [2.75, 3.05) is 37.7 Å². The molecular weight excluding hydrogens is 403 g/mol. The molecule has 2 aromatic carbocycles. The van der Waals surface area contributed by atoms with Crippen molar-refractivity contribution >= 4 is 17.8 Å². The largest absolute Gasteiger partial charge is 0.347 e. The van der Waals surface area contributed by atoms with Crippen molar-refractivity contribution in [3.8, 4) is 0 Å². The van der Waals surface area contributed by atoms with E-state index in [-0.39, 0.29) is 17.5 Å². The fourth-order valence-electron chi connectivity index (χ4n) is 4.39. The molecule has 0 saturated carbocycles. The lowest BCUT2D eigenvalue weighted by Crippen LogP contribution is -2.54. The summed E-state index contributed by atoms with van der Waals surface area (Å²) in [6.45, 7) is 10.3. The molecule has 0 bridgehead atoms. The van der Waals surface area contributed by atoms with Crippen LogP contribution in [0.5, 0.6) is 0 Å². The van der Waals surface area contributed by atoms with Crippen LogP contribution in [0.15, 0.2) is 59.1 Å². The normalized spacial score (nSPS) is 19.2. The second-order valence-corrected chi connectivity index (χ2v) is 8.73. The van der Waals surface area contributed by atoms with E-state index in [0.29, 0.717) is 26.3 Å². The van der Waals surface area contributed by atoms with Gasteiger partial charge < -0.3 is 9.80 Å². The third-order valence-corrected chi connectivity index (χ3v) is 6.39. The summed E-state index contributed by atoms with van der Waals surface area (Å²) in [5.74, 6) is -0.689. The summed E-state index contributed by atoms with van der Waals surface area (Å²) in [5.41, 5.74) is 4.54. The molecule has 2 aromatic rings. The number of benzene rings is 2. The first-order chi connectivity index (χ1) is 15.5. The van der Waals surface area contributed by atoms with Crippen molar-refractivity contribution in [1.29, 1.82) is 0 Å². The van der Waals surface area contributed by atoms with Gasteiger partial charge in [-0.25, -0.2) is 4.39 Å². The van der Waals surface area contributed by atoms with Gasteiger partial charge >= 0.3 is 0 Å². The molecule has 2 heterocycles. The minimum atomic E-state index is -0.462. The van der Waals surface area contributed by atoms with E-state index in [1.54, 1.807) is 17.0 Å². The Morgan fingerprint density at radius 2 is 2.03 bits per heavy atom. The molecule has 1 saturated heterocycles. The number of hydrogen-bond acceptors (Lipinski definition) is 4. The van der Waals surface area contributed by atoms with Gasteiger partial charge in [0, 0.05) is 56.2 Å². The van der Waals surface area contributed by atoms with Gasteiger partial charge in [0.1, 0.15) is 12.5 Å². The van der Waals surface area contributed by atoms with Crippen LogP contribution in [0.25, 0.3) is 0 Å². The smallest absolute Gasteiger partial charge is 0.256 e. The number of aliphatic imine (C=N–C) groups is 1. The highest BCUT2D eigenvalue weighted by atomic mass is 19.1. The number of allylic oxidation sites excluding steroid dienone is 1. The van der Waals surface area contributed by atoms with Crippen LogP contribution in [0.1, 0.15) is 42.3 Å². The van der Waals surface area contributed by atoms with Gasteiger partial charge in [-0.15, -0.1) is 0 Å². The molecule has 32 heavy (non-hydrogen) atoms. The van der Waals surface area contributed by atoms with E-state index in [1.807, 2.05) is 31.3 Å². The number of halogens is 1. The summed E-state index contributed by atoms with van der Waals surface area (Å²) in [4.78, 5) is 23.9. The van der Waals surface area contributed by atoms with E-state index in [9.17, 15) is 9.18 Å². The predicted octanol–water partition coefficient (Wildman–Crippen LogP) is 4.33. The van der Waals surface area contributed by atoms with E-state index in [4.69, 9.17) is 0 Å². The van der Waals surface area contributed by atoms with Crippen LogP contribution in [-0.4, -0.2) is 60.8 Å². The number of piperazine rings is 1. The minimum absolute atomic E-state index is 0.154. The van der Waals surface area contributed by atoms with E-state index in [2.05, 4.69) is 40.8 Å². The first kappa shape index (κ1) is 22.2. The van der Waals surface area contributed by atoms with Crippen LogP contribution in [-0.2, 0) is 6.54 Å². The molecule has 1 atom stereocenters. The highest BCUT2D eigenvalue weighted by Gasteiger charge is 2.28. The lowest BCUT2D eigenvalue weighted by atomic mass is 10.1. The zero-order valence-corrected chi connectivity index (χ0v) is 19.1. The first-order valence-corrected chi connectivity index (χ1v) is 11.2. The van der Waals surface area contributed by atoms with Crippen LogP contribution >= 0.6 is 0 Å². The number of hydrogen-bond donors (Lipinski definition) is 0. The van der Waals surface area contributed by atoms with Gasteiger partial charge in [0.2, 0.25) is 0 Å². The Balaban J connectivity index is 1.47. The third kappa shape index (κ3) is 4.75. The Morgan fingerprint density at radius 3 is 2.81 bits per heavy atom. The van der Waals surface area contributed by atoms with Crippen LogP contribution < -0.4 is 4.90 Å². The van der Waals surface area contributed by atoms with Crippen molar-refractivity contribution in [1.82, 2.24) is 9.80 Å². The first-order valence-electron chi connectivity index (χ1n) is 11.2. The Kier molecular flexibility index (Phi) is 6.70. The van der Waals surface area contributed by atoms with Crippen molar-refractivity contribution in [3.05, 3.63) is 76.6 Å². The van der Waals surface area contributed by atoms with Crippen LogP contribution in [0, 0.1) is 5.82 Å². The highest BCUT2D eigenvalue weighted by molar-refractivity contribution is 5.95. The molecule has 0 aromatic heterocycles. The van der Waals surface area contributed by atoms with Gasteiger partial charge in [0.25, 0.3) is 5.91 Å². The molecule has 4 rings (SSSR count). The van der Waals surface area contributed by atoms with E-state index in [0.717, 1.165) is 29.9 Å². The molecule has 0 radical (unpaired) electrons. The predicted molar refractivity (Wildman–Crippen MR) is 128 cm³/mol. The van der Waals surface area contributed by atoms with Gasteiger partial charge in [0.05, 0.1) is 5.56 Å². The number of carbonyl (C=O) groups is 1. The zero-order valence-electron chi connectivity index (χ0n) is 19.1. The van der Waals surface area contributed by atoms with Gasteiger partial charge in [-0.05, 0) is 44.5 Å². The Morgan fingerprint density at radius 1 is 1.22 bits per heavy atom. The maximum absolute atomic E-state index is 14.7. The van der Waals surface area contributed by atoms with Gasteiger partial charge in [-0.1, -0.05) is 35.9 Å². The van der Waals surface area contributed by atoms with Crippen LogP contribution in [0.4, 0.5) is 10.1 Å². The molecule has 0 unspecified atom stereocenters. The lowest BCUT2D eigenvalue weighted by molar-refractivity contribution is 0.0533. The molecular formula is C26H31FN4O. The average molecular weight is 435 g/mol. The minimum Gasteiger partial charge on any atom is -0.347 e. The molecule has 168 valence electrons. The summed E-state index contributed by atoms with van der Waals surface area (Å²) in [7, 11) is 0. The molecule has 0 N–H and O–H groups in total. The SMILES string of the molecule is CC=C(C)CN1CCN(C(=O)c2cc(CN3CN=Cc4ccccc43)ccc2F)C[C@H]1C. The van der Waals surface area contributed by atoms with Gasteiger partial charge in [0.15, 0.2) is 0 Å². The van der Waals surface area contributed by atoms with E-state index >= 15 is 0 Å². The van der Waals surface area contributed by atoms with Crippen LogP contribution in [0.2, 0.25) is 0 Å². The highest BCUT2D eigenvalue weighted by Crippen LogP contribution is 2.25. The Hall–Kier alpha value is -2.99. The number of nitrogens with zero attached hydrogens (tertiary/aromatic N) is 4. The average Bonchev–Trinajstić information content (AvgIpc) is 2.81. The topological polar surface area (TPSA) is 39.1 Å². The summed E-state index contributed by atoms with van der Waals surface area (Å²) in [5, 5.41) is 0. The number of fused-ring (bicyclic) bond motifs is 1. The fourth-order valence-corrected chi connectivity index (χ4v) is 4.39. The standard InChI is InChI=1S/C26H31FN4O/c1-4-19(2)15-29-11-12-30(16-20(29)3)26(32)23-13-21(9-10-24(23)27)17-31-18-28-14-22-7-5-6-8-25(22)31/h4-10,13-14,20H,11-12,15-18H2,1-3H3/t20-/m1/s1. The molecule has 5 nitrogen and oxygen atoms in total. The Labute approximate surface area is 189 Å². The number of rotatable bonds is 5. The molecule has 6 heteroatoms. The van der Waals surface area contributed by atoms with Gasteiger partial charge in [-0.2, -0.15) is 0 Å². The number of carbonyl (C=O) groups excluding carboxylic acids is 1. The zero-order chi connectivity index (χ0) is 22.7. The number of anilines is 1. The molecule has 0 aliphatic carbocycles. The number of amides is 1. The molecule has 1 fully saturated rings. The maximum atomic E-state index is 14.7. The van der Waals surface area contributed by atoms with E-state index < -0.39 is 5.82 Å². The maximum Gasteiger partial charge on any atom is 0.256 e. The Bertz CT molecular complexity index is 1050. The van der Waals surface area contributed by atoms with Crippen molar-refractivity contribution < 1.29 is 9.18 Å². The molecule has 0 spiro atoms. The van der Waals surface area contributed by atoms with Crippen molar-refractivity contribution in [2.45, 2.75) is 33.4 Å². The third-order valence-electron chi connectivity index (χ3n) is 6.39. The second kappa shape index (κ2) is 9.65. The summed E-state index contributed by atoms with van der Waals surface area (Å²) in [6, 6.07) is 13.2. The van der Waals surface area contributed by atoms with Gasteiger partial charge in [-0.3, -0.25) is 14.7 Å². The summed E-state index contributed by atoms with van der Waals surface area (Å²) >= 11 is 0. The number of para-hydroxylation sites is 1. The fraction of sp³-hybridized carbons (Fsp3) is 0.385. The summed E-state index contributed by atoms with van der Waals surface area (Å²) in [6.07, 6.45) is 4.00. The quantitative estimate of drug-likeness (QED) is 0.658. The van der Waals surface area contributed by atoms with E-state index in [1.165, 1.54) is 11.6 Å². The second-order valence-electron chi connectivity index (χ2n) is 8.73. The molecule has 2 aliphatic rings. The summed E-state index contributed by atoms with van der Waals surface area (Å²) < 4.78 is 14.7. The van der Waals surface area contributed by atoms with Crippen molar-refractivity contribution in [3.63, 3.8) is 0 Å². The molecule has 1 amide bonds. The van der Waals surface area contributed by atoms with Crippen LogP contribution in [0.3, 0.4) is 0 Å². The monoisotopic (exact) mass is 434 g/mol. The lowest BCUT2D eigenvalue weighted by Gasteiger charge is -2.40.